The third kappa shape index (κ3) is 29.5. The maximum atomic E-state index is 12.7. The second-order valence-electron chi connectivity index (χ2n) is 12.9. The molecule has 0 rings (SSSR count). The molecule has 3 N–H and O–H groups in total. The lowest BCUT2D eigenvalue weighted by Gasteiger charge is -2.25. The summed E-state index contributed by atoms with van der Waals surface area (Å²) in [6, 6.07) is -0.843. The van der Waals surface area contributed by atoms with Gasteiger partial charge in [-0.25, -0.2) is 4.57 Å². The second-order valence-corrected chi connectivity index (χ2v) is 14.3. The molecule has 9 heteroatoms. The fourth-order valence-corrected chi connectivity index (χ4v) is 5.30. The van der Waals surface area contributed by atoms with Gasteiger partial charge in [-0.05, 0) is 44.9 Å². The molecule has 43 heavy (non-hydrogen) atoms. The molecule has 254 valence electrons. The number of carbonyl (C=O) groups excluding carboxylic acids is 1. The van der Waals surface area contributed by atoms with E-state index in [0.717, 1.165) is 51.4 Å². The fourth-order valence-electron chi connectivity index (χ4n) is 4.56. The van der Waals surface area contributed by atoms with Crippen LogP contribution in [0.4, 0.5) is 0 Å². The number of phosphoric acid groups is 1. The molecule has 0 heterocycles. The van der Waals surface area contributed by atoms with Gasteiger partial charge in [0.2, 0.25) is 5.91 Å². The van der Waals surface area contributed by atoms with Crippen molar-refractivity contribution in [2.24, 2.45) is 0 Å². The number of hydrogen-bond donors (Lipinski definition) is 3. The smallest absolute Gasteiger partial charge is 0.387 e. The van der Waals surface area contributed by atoms with Crippen LogP contribution in [0.1, 0.15) is 136 Å². The van der Waals surface area contributed by atoms with E-state index in [2.05, 4.69) is 31.3 Å². The van der Waals surface area contributed by atoms with Gasteiger partial charge in [-0.15, -0.1) is 0 Å². The minimum atomic E-state index is -4.32. The normalized spacial score (nSPS) is 15.2. The molecule has 0 spiro atoms. The van der Waals surface area contributed by atoms with E-state index in [1.807, 2.05) is 27.2 Å². The summed E-state index contributed by atoms with van der Waals surface area (Å²) >= 11 is 0. The number of carbonyl (C=O) groups is 1. The molecule has 3 unspecified atom stereocenters. The zero-order chi connectivity index (χ0) is 32.2. The molecule has 0 aliphatic rings. The number of rotatable bonds is 30. The molecule has 0 aliphatic carbocycles. The molecular formula is C34H68N2O6P+. The van der Waals surface area contributed by atoms with E-state index < -0.39 is 20.0 Å². The van der Waals surface area contributed by atoms with Crippen LogP contribution in [0.3, 0.4) is 0 Å². The van der Waals surface area contributed by atoms with Crippen molar-refractivity contribution in [3.63, 3.8) is 0 Å². The molecule has 0 bridgehead atoms. The highest BCUT2D eigenvalue weighted by Crippen LogP contribution is 2.43. The highest BCUT2D eigenvalue weighted by Gasteiger charge is 2.27. The first kappa shape index (κ1) is 42.0. The topological polar surface area (TPSA) is 105 Å². The van der Waals surface area contributed by atoms with Crippen LogP contribution >= 0.6 is 7.82 Å². The summed E-state index contributed by atoms with van der Waals surface area (Å²) in [4.78, 5) is 22.8. The van der Waals surface area contributed by atoms with Gasteiger partial charge in [0.1, 0.15) is 13.2 Å². The Morgan fingerprint density at radius 3 is 1.81 bits per heavy atom. The van der Waals surface area contributed by atoms with Crippen molar-refractivity contribution in [1.82, 2.24) is 5.32 Å². The summed E-state index contributed by atoms with van der Waals surface area (Å²) < 4.78 is 23.3. The third-order valence-corrected chi connectivity index (χ3v) is 8.40. The molecule has 0 aromatic carbocycles. The van der Waals surface area contributed by atoms with Gasteiger partial charge in [-0.2, -0.15) is 0 Å². The highest BCUT2D eigenvalue weighted by atomic mass is 31.2. The Balaban J connectivity index is 4.57. The van der Waals surface area contributed by atoms with E-state index in [-0.39, 0.29) is 19.1 Å². The number of likely N-dealkylation sites (N-methyl/N-ethyl adjacent to an activating group) is 1. The molecule has 0 saturated carbocycles. The van der Waals surface area contributed by atoms with Crippen molar-refractivity contribution in [3.8, 4) is 0 Å². The van der Waals surface area contributed by atoms with Crippen molar-refractivity contribution >= 4 is 13.7 Å². The van der Waals surface area contributed by atoms with Crippen LogP contribution in [-0.4, -0.2) is 73.4 Å². The van der Waals surface area contributed by atoms with Crippen LogP contribution in [0.5, 0.6) is 0 Å². The lowest BCUT2D eigenvalue weighted by Crippen LogP contribution is -2.45. The predicted octanol–water partition coefficient (Wildman–Crippen LogP) is 8.24. The van der Waals surface area contributed by atoms with Crippen molar-refractivity contribution in [3.05, 3.63) is 24.3 Å². The number of hydrogen-bond acceptors (Lipinski definition) is 5. The number of phosphoric ester groups is 1. The first-order valence-corrected chi connectivity index (χ1v) is 18.7. The average Bonchev–Trinajstić information content (AvgIpc) is 2.94. The lowest BCUT2D eigenvalue weighted by atomic mass is 10.1. The van der Waals surface area contributed by atoms with Crippen LogP contribution in [-0.2, 0) is 18.4 Å². The van der Waals surface area contributed by atoms with E-state index in [1.54, 1.807) is 6.08 Å². The predicted molar refractivity (Wildman–Crippen MR) is 180 cm³/mol. The number of aliphatic hydroxyl groups excluding tert-OH is 1. The van der Waals surface area contributed by atoms with E-state index in [0.29, 0.717) is 17.4 Å². The second kappa shape index (κ2) is 27.3. The number of allylic oxidation sites excluding steroid dienone is 3. The van der Waals surface area contributed by atoms with Crippen LogP contribution in [0, 0.1) is 0 Å². The Bertz CT molecular complexity index is 768. The molecule has 3 atom stereocenters. The van der Waals surface area contributed by atoms with Gasteiger partial charge < -0.3 is 19.8 Å². The van der Waals surface area contributed by atoms with Crippen LogP contribution < -0.4 is 5.32 Å². The minimum Gasteiger partial charge on any atom is -0.387 e. The van der Waals surface area contributed by atoms with Crippen LogP contribution in [0.25, 0.3) is 0 Å². The molecule has 0 aromatic heterocycles. The zero-order valence-corrected chi connectivity index (χ0v) is 29.3. The van der Waals surface area contributed by atoms with Crippen molar-refractivity contribution < 1.29 is 32.9 Å². The van der Waals surface area contributed by atoms with Gasteiger partial charge in [0.05, 0.1) is 39.9 Å². The fraction of sp³-hybridized carbons (Fsp3) is 0.853. The summed E-state index contributed by atoms with van der Waals surface area (Å²) in [5.41, 5.74) is 0. The summed E-state index contributed by atoms with van der Waals surface area (Å²) in [5, 5.41) is 13.6. The molecule has 0 saturated heterocycles. The van der Waals surface area contributed by atoms with Gasteiger partial charge in [0, 0.05) is 6.42 Å². The van der Waals surface area contributed by atoms with Crippen LogP contribution in [0.15, 0.2) is 24.3 Å². The number of unbranched alkanes of at least 4 members (excludes halogenated alkanes) is 15. The quantitative estimate of drug-likeness (QED) is 0.0319. The van der Waals surface area contributed by atoms with Gasteiger partial charge in [0.15, 0.2) is 0 Å². The SMILES string of the molecule is CCCCCC/C=C\CCCCCCCC(=O)NC(COP(=O)(O)OCC[N+](C)(C)C)C(O)/C=C/CCCCCCCC. The molecule has 8 nitrogen and oxygen atoms in total. The van der Waals surface area contributed by atoms with E-state index in [9.17, 15) is 19.4 Å². The molecule has 0 radical (unpaired) electrons. The van der Waals surface area contributed by atoms with E-state index in [4.69, 9.17) is 9.05 Å². The van der Waals surface area contributed by atoms with Crippen molar-refractivity contribution in [1.29, 1.82) is 0 Å². The van der Waals surface area contributed by atoms with E-state index in [1.165, 1.54) is 64.2 Å². The Labute approximate surface area is 264 Å². The zero-order valence-electron chi connectivity index (χ0n) is 28.4. The molecular weight excluding hydrogens is 563 g/mol. The number of quaternary nitrogens is 1. The highest BCUT2D eigenvalue weighted by molar-refractivity contribution is 7.47. The van der Waals surface area contributed by atoms with Crippen LogP contribution in [0.2, 0.25) is 0 Å². The summed E-state index contributed by atoms with van der Waals surface area (Å²) in [6.07, 6.45) is 28.2. The van der Waals surface area contributed by atoms with Gasteiger partial charge in [-0.3, -0.25) is 13.8 Å². The molecule has 0 aromatic rings. The van der Waals surface area contributed by atoms with E-state index >= 15 is 0 Å². The molecule has 0 fully saturated rings. The number of nitrogens with one attached hydrogen (secondary N) is 1. The Hall–Kier alpha value is -1.02. The van der Waals surface area contributed by atoms with Gasteiger partial charge >= 0.3 is 7.82 Å². The van der Waals surface area contributed by atoms with Crippen molar-refractivity contribution in [2.75, 3.05) is 40.9 Å². The summed E-state index contributed by atoms with van der Waals surface area (Å²) in [6.45, 7) is 4.71. The Morgan fingerprint density at radius 1 is 0.767 bits per heavy atom. The monoisotopic (exact) mass is 631 g/mol. The number of nitrogens with zero attached hydrogens (tertiary/aromatic N) is 1. The summed E-state index contributed by atoms with van der Waals surface area (Å²) in [5.74, 6) is -0.193. The molecule has 1 amide bonds. The maximum absolute atomic E-state index is 12.7. The first-order chi connectivity index (χ1) is 20.5. The minimum absolute atomic E-state index is 0.0599. The lowest BCUT2D eigenvalue weighted by molar-refractivity contribution is -0.870. The summed E-state index contributed by atoms with van der Waals surface area (Å²) in [7, 11) is 1.56. The Morgan fingerprint density at radius 2 is 1.26 bits per heavy atom. The Kier molecular flexibility index (Phi) is 26.7. The third-order valence-electron chi connectivity index (χ3n) is 7.42. The number of amides is 1. The first-order valence-electron chi connectivity index (χ1n) is 17.2. The average molecular weight is 632 g/mol. The van der Waals surface area contributed by atoms with Gasteiger partial charge in [0.25, 0.3) is 0 Å². The van der Waals surface area contributed by atoms with Crippen molar-refractivity contribution in [2.45, 2.75) is 148 Å². The maximum Gasteiger partial charge on any atom is 0.472 e. The number of aliphatic hydroxyl groups is 1. The van der Waals surface area contributed by atoms with Gasteiger partial charge in [-0.1, -0.05) is 109 Å². The largest absolute Gasteiger partial charge is 0.472 e. The standard InChI is InChI=1S/C34H67N2O6P/c1-6-8-10-12-14-16-17-18-19-20-22-24-26-28-34(38)35-32(31-42-43(39,40)41-30-29-36(3,4)5)33(37)27-25-23-21-15-13-11-9-7-2/h16-17,25,27,32-33,37H,6-15,18-24,26,28-31H2,1-5H3,(H-,35,38,39,40)/p+1/b17-16-,27-25+. The molecule has 0 aliphatic heterocycles.